The monoisotopic (exact) mass is 223 g/mol. The lowest BCUT2D eigenvalue weighted by molar-refractivity contribution is 0.0581. The van der Waals surface area contributed by atoms with Crippen molar-refractivity contribution in [2.75, 3.05) is 13.2 Å². The van der Waals surface area contributed by atoms with Crippen molar-refractivity contribution < 1.29 is 14.9 Å². The number of hydrogen-bond acceptors (Lipinski definition) is 4. The molecular weight excluding hydrogens is 206 g/mol. The van der Waals surface area contributed by atoms with Gasteiger partial charge in [-0.3, -0.25) is 0 Å². The second kappa shape index (κ2) is 4.72. The number of phenols is 2. The van der Waals surface area contributed by atoms with E-state index in [4.69, 9.17) is 10.5 Å². The van der Waals surface area contributed by atoms with E-state index in [-0.39, 0.29) is 17.5 Å². The molecular formula is C12H17NO3. The summed E-state index contributed by atoms with van der Waals surface area (Å²) < 4.78 is 5.28. The van der Waals surface area contributed by atoms with E-state index < -0.39 is 0 Å². The van der Waals surface area contributed by atoms with Gasteiger partial charge in [0.25, 0.3) is 0 Å². The Bertz CT molecular complexity index is 361. The van der Waals surface area contributed by atoms with Gasteiger partial charge in [-0.25, -0.2) is 0 Å². The molecule has 1 heterocycles. The molecule has 0 saturated carbocycles. The van der Waals surface area contributed by atoms with E-state index in [2.05, 4.69) is 0 Å². The molecule has 2 rings (SSSR count). The molecule has 1 aliphatic heterocycles. The summed E-state index contributed by atoms with van der Waals surface area (Å²) in [6.45, 7) is 1.47. The molecule has 4 N–H and O–H groups in total. The molecule has 1 aromatic carbocycles. The van der Waals surface area contributed by atoms with Crippen LogP contribution in [0.3, 0.4) is 0 Å². The summed E-state index contributed by atoms with van der Waals surface area (Å²) in [5, 5.41) is 18.9. The molecule has 0 unspecified atom stereocenters. The van der Waals surface area contributed by atoms with Crippen LogP contribution in [0.15, 0.2) is 18.2 Å². The number of hydrogen-bond donors (Lipinski definition) is 3. The molecule has 4 heteroatoms. The lowest BCUT2D eigenvalue weighted by atomic mass is 9.87. The fourth-order valence-electron chi connectivity index (χ4n) is 2.14. The summed E-state index contributed by atoms with van der Waals surface area (Å²) in [5.74, 6) is 0.462. The third kappa shape index (κ3) is 2.28. The molecule has 1 aromatic rings. The average molecular weight is 223 g/mol. The van der Waals surface area contributed by atoms with E-state index >= 15 is 0 Å². The smallest absolute Gasteiger partial charge is 0.124 e. The highest BCUT2D eigenvalue weighted by Crippen LogP contribution is 2.34. The van der Waals surface area contributed by atoms with Gasteiger partial charge in [-0.1, -0.05) is 6.07 Å². The Kier molecular flexibility index (Phi) is 3.31. The number of aromatic hydroxyl groups is 2. The number of rotatable bonds is 2. The fourth-order valence-corrected chi connectivity index (χ4v) is 2.14. The summed E-state index contributed by atoms with van der Waals surface area (Å²) >= 11 is 0. The Hall–Kier alpha value is -1.26. The van der Waals surface area contributed by atoms with E-state index in [1.54, 1.807) is 12.1 Å². The maximum Gasteiger partial charge on any atom is 0.124 e. The van der Waals surface area contributed by atoms with Gasteiger partial charge in [0, 0.05) is 30.9 Å². The summed E-state index contributed by atoms with van der Waals surface area (Å²) in [6, 6.07) is 4.37. The third-order valence-corrected chi connectivity index (χ3v) is 3.15. The first kappa shape index (κ1) is 11.2. The van der Waals surface area contributed by atoms with Crippen LogP contribution in [0.4, 0.5) is 0 Å². The van der Waals surface area contributed by atoms with Gasteiger partial charge < -0.3 is 20.7 Å². The van der Waals surface area contributed by atoms with Crippen molar-refractivity contribution in [3.63, 3.8) is 0 Å². The van der Waals surface area contributed by atoms with E-state index in [1.807, 2.05) is 0 Å². The van der Waals surface area contributed by atoms with Crippen LogP contribution in [0.1, 0.15) is 24.4 Å². The highest BCUT2D eigenvalue weighted by atomic mass is 16.5. The van der Waals surface area contributed by atoms with Gasteiger partial charge in [-0.05, 0) is 24.8 Å². The predicted molar refractivity (Wildman–Crippen MR) is 60.2 cm³/mol. The summed E-state index contributed by atoms with van der Waals surface area (Å²) in [5.41, 5.74) is 6.82. The minimum absolute atomic E-state index is 0.0560. The lowest BCUT2D eigenvalue weighted by Crippen LogP contribution is -2.27. The molecule has 0 amide bonds. The van der Waals surface area contributed by atoms with Crippen LogP contribution < -0.4 is 5.73 Å². The molecule has 0 spiro atoms. The zero-order chi connectivity index (χ0) is 11.5. The number of nitrogens with two attached hydrogens (primary N) is 1. The molecule has 16 heavy (non-hydrogen) atoms. The van der Waals surface area contributed by atoms with Crippen molar-refractivity contribution in [3.8, 4) is 11.5 Å². The number of phenolic OH excluding ortho intramolecular Hbond substituents is 2. The summed E-state index contributed by atoms with van der Waals surface area (Å²) in [4.78, 5) is 0. The molecule has 0 radical (unpaired) electrons. The summed E-state index contributed by atoms with van der Waals surface area (Å²) in [6.07, 6.45) is 1.84. The molecule has 1 atom stereocenters. The first-order chi connectivity index (χ1) is 7.68. The predicted octanol–water partition coefficient (Wildman–Crippen LogP) is 1.52. The highest BCUT2D eigenvalue weighted by molar-refractivity contribution is 5.40. The van der Waals surface area contributed by atoms with Crippen LogP contribution >= 0.6 is 0 Å². The van der Waals surface area contributed by atoms with E-state index in [9.17, 15) is 10.2 Å². The van der Waals surface area contributed by atoms with Crippen LogP contribution in [0.2, 0.25) is 0 Å². The van der Waals surface area contributed by atoms with Gasteiger partial charge in [0.15, 0.2) is 0 Å². The van der Waals surface area contributed by atoms with Crippen molar-refractivity contribution in [3.05, 3.63) is 23.8 Å². The van der Waals surface area contributed by atoms with E-state index in [0.29, 0.717) is 11.5 Å². The van der Waals surface area contributed by atoms with E-state index in [0.717, 1.165) is 26.1 Å². The van der Waals surface area contributed by atoms with Gasteiger partial charge in [-0.2, -0.15) is 0 Å². The normalized spacial score (nSPS) is 19.6. The molecule has 0 aromatic heterocycles. The van der Waals surface area contributed by atoms with Crippen molar-refractivity contribution in [1.29, 1.82) is 0 Å². The molecule has 1 fully saturated rings. The van der Waals surface area contributed by atoms with Crippen LogP contribution in [-0.4, -0.2) is 23.4 Å². The number of benzene rings is 1. The van der Waals surface area contributed by atoms with Gasteiger partial charge in [0.1, 0.15) is 11.5 Å². The van der Waals surface area contributed by atoms with Gasteiger partial charge in [0.2, 0.25) is 0 Å². The molecule has 4 nitrogen and oxygen atoms in total. The Morgan fingerprint density at radius 1 is 1.25 bits per heavy atom. The van der Waals surface area contributed by atoms with Crippen molar-refractivity contribution in [1.82, 2.24) is 0 Å². The Labute approximate surface area is 94.7 Å². The van der Waals surface area contributed by atoms with Crippen molar-refractivity contribution in [2.45, 2.75) is 18.9 Å². The fraction of sp³-hybridized carbons (Fsp3) is 0.500. The molecule has 1 aliphatic rings. The number of ether oxygens (including phenoxy) is 1. The lowest BCUT2D eigenvalue weighted by Gasteiger charge is -2.28. The quantitative estimate of drug-likeness (QED) is 0.710. The Balaban J connectivity index is 2.15. The Morgan fingerprint density at radius 3 is 2.56 bits per heavy atom. The van der Waals surface area contributed by atoms with Crippen molar-refractivity contribution >= 4 is 0 Å². The van der Waals surface area contributed by atoms with E-state index in [1.165, 1.54) is 6.07 Å². The second-order valence-corrected chi connectivity index (χ2v) is 4.22. The van der Waals surface area contributed by atoms with Gasteiger partial charge in [-0.15, -0.1) is 0 Å². The minimum Gasteiger partial charge on any atom is -0.508 e. The zero-order valence-corrected chi connectivity index (χ0v) is 9.10. The summed E-state index contributed by atoms with van der Waals surface area (Å²) in [7, 11) is 0. The highest BCUT2D eigenvalue weighted by Gasteiger charge is 2.24. The Morgan fingerprint density at radius 2 is 1.94 bits per heavy atom. The van der Waals surface area contributed by atoms with Crippen LogP contribution in [0.25, 0.3) is 0 Å². The minimum atomic E-state index is -0.190. The second-order valence-electron chi connectivity index (χ2n) is 4.22. The topological polar surface area (TPSA) is 75.7 Å². The molecule has 0 aliphatic carbocycles. The van der Waals surface area contributed by atoms with Crippen LogP contribution in [0.5, 0.6) is 11.5 Å². The largest absolute Gasteiger partial charge is 0.508 e. The van der Waals surface area contributed by atoms with Crippen LogP contribution in [0, 0.1) is 5.92 Å². The first-order valence-corrected chi connectivity index (χ1v) is 5.53. The maximum atomic E-state index is 9.72. The first-order valence-electron chi connectivity index (χ1n) is 5.53. The maximum absolute atomic E-state index is 9.72. The average Bonchev–Trinajstić information content (AvgIpc) is 2.29. The SMILES string of the molecule is N[C@H](c1ccc(O)cc1O)C1CCOCC1. The standard InChI is InChI=1S/C12H17NO3/c13-12(8-3-5-16-6-4-8)10-2-1-9(14)7-11(10)15/h1-2,7-8,12,14-15H,3-6,13H2/t12-/m0/s1. The third-order valence-electron chi connectivity index (χ3n) is 3.15. The zero-order valence-electron chi connectivity index (χ0n) is 9.10. The van der Waals surface area contributed by atoms with Crippen molar-refractivity contribution in [2.24, 2.45) is 11.7 Å². The van der Waals surface area contributed by atoms with Crippen LogP contribution in [-0.2, 0) is 4.74 Å². The molecule has 0 bridgehead atoms. The molecule has 88 valence electrons. The molecule has 1 saturated heterocycles. The van der Waals surface area contributed by atoms with Gasteiger partial charge in [0.05, 0.1) is 0 Å². The van der Waals surface area contributed by atoms with Gasteiger partial charge >= 0.3 is 0 Å².